The van der Waals surface area contributed by atoms with Crippen LogP contribution in [-0.4, -0.2) is 14.5 Å². The quantitative estimate of drug-likeness (QED) is 0.129. The van der Waals surface area contributed by atoms with E-state index >= 15 is 0 Å². The molecule has 3 heteroatoms. The third kappa shape index (κ3) is 5.13. The second kappa shape index (κ2) is 12.8. The van der Waals surface area contributed by atoms with Gasteiger partial charge in [-0.1, -0.05) is 128 Å². The molecule has 0 aliphatic rings. The van der Waals surface area contributed by atoms with Crippen LogP contribution in [0.3, 0.4) is 0 Å². The Morgan fingerprint density at radius 1 is 0.537 bits per heavy atom. The Labute approximate surface area is 313 Å². The highest BCUT2D eigenvalue weighted by molar-refractivity contribution is 6.25. The normalized spacial score (nSPS) is 11.8. The first-order chi connectivity index (χ1) is 26.7. The molecule has 0 radical (unpaired) electrons. The van der Waals surface area contributed by atoms with E-state index in [0.29, 0.717) is 0 Å². The molecule has 0 aliphatic heterocycles. The molecule has 0 amide bonds. The summed E-state index contributed by atoms with van der Waals surface area (Å²) in [6.07, 6.45) is 9.57. The standard InChI is InChI=1S/C51H35N3/c1-3-4-16-41-33(2)54(40-14-6-5-7-15-40)50-25-23-35(30-49(41)50)38-26-37(27-39(28-38)42-21-12-13-36-31-52-32-53-51(36)42)34-22-24-47-45-19-9-8-17-43(45)44-18-10-11-20-46(44)48(47)29-34/h3-32H,1H2,2H3/b16-4-. The Morgan fingerprint density at radius 3 is 1.85 bits per heavy atom. The van der Waals surface area contributed by atoms with E-state index in [9.17, 15) is 0 Å². The van der Waals surface area contributed by atoms with Crippen LogP contribution in [0, 0.1) is 6.92 Å². The molecule has 0 saturated carbocycles. The van der Waals surface area contributed by atoms with Gasteiger partial charge in [0.2, 0.25) is 0 Å². The number of nitrogens with zero attached hydrogens (tertiary/aromatic N) is 3. The van der Waals surface area contributed by atoms with Crippen molar-refractivity contribution in [2.75, 3.05) is 0 Å². The van der Waals surface area contributed by atoms with Gasteiger partial charge < -0.3 is 4.57 Å². The van der Waals surface area contributed by atoms with Gasteiger partial charge in [-0.25, -0.2) is 9.97 Å². The van der Waals surface area contributed by atoms with Gasteiger partial charge in [0.25, 0.3) is 0 Å². The lowest BCUT2D eigenvalue weighted by Crippen LogP contribution is -1.96. The lowest BCUT2D eigenvalue weighted by Gasteiger charge is -2.15. The van der Waals surface area contributed by atoms with E-state index in [0.717, 1.165) is 44.4 Å². The van der Waals surface area contributed by atoms with Gasteiger partial charge in [-0.05, 0) is 116 Å². The van der Waals surface area contributed by atoms with Gasteiger partial charge in [0, 0.05) is 39.5 Å². The number of para-hydroxylation sites is 2. The van der Waals surface area contributed by atoms with Gasteiger partial charge in [0.1, 0.15) is 6.33 Å². The highest BCUT2D eigenvalue weighted by atomic mass is 15.0. The van der Waals surface area contributed by atoms with E-state index in [1.165, 1.54) is 60.0 Å². The first-order valence-corrected chi connectivity index (χ1v) is 18.3. The second-order valence-corrected chi connectivity index (χ2v) is 13.9. The van der Waals surface area contributed by atoms with Gasteiger partial charge in [-0.15, -0.1) is 0 Å². The van der Waals surface area contributed by atoms with Gasteiger partial charge >= 0.3 is 0 Å². The van der Waals surface area contributed by atoms with E-state index in [-0.39, 0.29) is 0 Å². The molecule has 0 spiro atoms. The molecular weight excluding hydrogens is 655 g/mol. The average Bonchev–Trinajstić information content (AvgIpc) is 3.52. The summed E-state index contributed by atoms with van der Waals surface area (Å²) >= 11 is 0. The zero-order valence-corrected chi connectivity index (χ0v) is 29.9. The summed E-state index contributed by atoms with van der Waals surface area (Å²) in [5.41, 5.74) is 12.4. The summed E-state index contributed by atoms with van der Waals surface area (Å²) < 4.78 is 2.35. The molecule has 0 atom stereocenters. The van der Waals surface area contributed by atoms with Crippen molar-refractivity contribution in [3.05, 3.63) is 194 Å². The monoisotopic (exact) mass is 689 g/mol. The first kappa shape index (κ1) is 31.6. The van der Waals surface area contributed by atoms with Crippen LogP contribution in [0.25, 0.3) is 99.3 Å². The van der Waals surface area contributed by atoms with E-state index in [4.69, 9.17) is 4.98 Å². The van der Waals surface area contributed by atoms with Crippen molar-refractivity contribution in [1.29, 1.82) is 0 Å². The van der Waals surface area contributed by atoms with Crippen molar-refractivity contribution >= 4 is 60.2 Å². The molecule has 8 aromatic carbocycles. The number of allylic oxidation sites excluding steroid dienone is 2. The highest BCUT2D eigenvalue weighted by Gasteiger charge is 2.17. The van der Waals surface area contributed by atoms with Crippen LogP contribution in [0.15, 0.2) is 183 Å². The fraction of sp³-hybridized carbons (Fsp3) is 0.0196. The topological polar surface area (TPSA) is 30.7 Å². The number of hydrogen-bond acceptors (Lipinski definition) is 2. The molecule has 0 fully saturated rings. The Balaban J connectivity index is 1.23. The Hall–Kier alpha value is -7.10. The van der Waals surface area contributed by atoms with Crippen LogP contribution in [0.2, 0.25) is 0 Å². The molecule has 0 saturated heterocycles. The largest absolute Gasteiger partial charge is 0.313 e. The molecule has 0 bridgehead atoms. The first-order valence-electron chi connectivity index (χ1n) is 18.3. The van der Waals surface area contributed by atoms with E-state index in [1.54, 1.807) is 6.33 Å². The molecule has 0 unspecified atom stereocenters. The summed E-state index contributed by atoms with van der Waals surface area (Å²) in [4.78, 5) is 9.08. The maximum absolute atomic E-state index is 4.76. The van der Waals surface area contributed by atoms with Crippen LogP contribution in [0.4, 0.5) is 0 Å². The molecule has 254 valence electrons. The second-order valence-electron chi connectivity index (χ2n) is 13.9. The predicted molar refractivity (Wildman–Crippen MR) is 229 cm³/mol. The van der Waals surface area contributed by atoms with Crippen LogP contribution in [-0.2, 0) is 0 Å². The van der Waals surface area contributed by atoms with Gasteiger partial charge in [-0.2, -0.15) is 0 Å². The average molecular weight is 690 g/mol. The SMILES string of the molecule is C=C/C=C\c1c(C)n(-c2ccccc2)c2ccc(-c3cc(-c4ccc5c6ccccc6c6ccccc6c5c4)cc(-c4cccc5cncnc45)c3)cc12. The van der Waals surface area contributed by atoms with Crippen molar-refractivity contribution in [1.82, 2.24) is 14.5 Å². The van der Waals surface area contributed by atoms with Gasteiger partial charge in [0.05, 0.1) is 11.0 Å². The van der Waals surface area contributed by atoms with E-state index in [2.05, 4.69) is 181 Å². The Kier molecular flexibility index (Phi) is 7.52. The summed E-state index contributed by atoms with van der Waals surface area (Å²) in [5, 5.41) is 9.82. The predicted octanol–water partition coefficient (Wildman–Crippen LogP) is 13.5. The molecule has 0 aliphatic carbocycles. The lowest BCUT2D eigenvalue weighted by atomic mass is 9.89. The molecule has 2 heterocycles. The Bertz CT molecular complexity index is 3090. The van der Waals surface area contributed by atoms with Crippen LogP contribution in [0.1, 0.15) is 11.3 Å². The van der Waals surface area contributed by atoms with Crippen molar-refractivity contribution < 1.29 is 0 Å². The molecule has 3 nitrogen and oxygen atoms in total. The molecule has 10 aromatic rings. The van der Waals surface area contributed by atoms with Gasteiger partial charge in [0.15, 0.2) is 0 Å². The number of benzene rings is 8. The summed E-state index contributed by atoms with van der Waals surface area (Å²) in [6, 6.07) is 55.3. The number of fused-ring (bicyclic) bond motifs is 8. The fourth-order valence-corrected chi connectivity index (χ4v) is 8.36. The molecule has 2 aromatic heterocycles. The smallest absolute Gasteiger partial charge is 0.116 e. The number of hydrogen-bond donors (Lipinski definition) is 0. The molecule has 54 heavy (non-hydrogen) atoms. The maximum atomic E-state index is 4.76. The zero-order chi connectivity index (χ0) is 36.2. The van der Waals surface area contributed by atoms with E-state index in [1.807, 2.05) is 18.3 Å². The summed E-state index contributed by atoms with van der Waals surface area (Å²) in [5.74, 6) is 0. The number of aromatic nitrogens is 3. The minimum absolute atomic E-state index is 0.939. The Morgan fingerprint density at radius 2 is 1.15 bits per heavy atom. The van der Waals surface area contributed by atoms with Crippen LogP contribution in [0.5, 0.6) is 0 Å². The minimum Gasteiger partial charge on any atom is -0.313 e. The summed E-state index contributed by atoms with van der Waals surface area (Å²) in [7, 11) is 0. The van der Waals surface area contributed by atoms with Crippen molar-refractivity contribution in [3.63, 3.8) is 0 Å². The number of rotatable bonds is 6. The highest BCUT2D eigenvalue weighted by Crippen LogP contribution is 2.41. The lowest BCUT2D eigenvalue weighted by molar-refractivity contribution is 1.05. The maximum Gasteiger partial charge on any atom is 0.116 e. The molecule has 0 N–H and O–H groups in total. The van der Waals surface area contributed by atoms with Crippen LogP contribution < -0.4 is 0 Å². The van der Waals surface area contributed by atoms with Crippen molar-refractivity contribution in [2.45, 2.75) is 6.92 Å². The third-order valence-corrected chi connectivity index (χ3v) is 10.9. The van der Waals surface area contributed by atoms with Crippen LogP contribution >= 0.6 is 0 Å². The summed E-state index contributed by atoms with van der Waals surface area (Å²) in [6.45, 7) is 6.16. The zero-order valence-electron chi connectivity index (χ0n) is 29.9. The van der Waals surface area contributed by atoms with Gasteiger partial charge in [-0.3, -0.25) is 0 Å². The fourth-order valence-electron chi connectivity index (χ4n) is 8.36. The molecular formula is C51H35N3. The van der Waals surface area contributed by atoms with Crippen molar-refractivity contribution in [3.8, 4) is 39.1 Å². The van der Waals surface area contributed by atoms with Crippen molar-refractivity contribution in [2.24, 2.45) is 0 Å². The minimum atomic E-state index is 0.939. The van der Waals surface area contributed by atoms with E-state index < -0.39 is 0 Å². The molecule has 10 rings (SSSR count). The third-order valence-electron chi connectivity index (χ3n) is 10.9.